The van der Waals surface area contributed by atoms with Gasteiger partial charge in [0.05, 0.1) is 20.3 Å². The molecule has 2 aromatic carbocycles. The van der Waals surface area contributed by atoms with Gasteiger partial charge in [0.25, 0.3) is 5.91 Å². The molecule has 26 heavy (non-hydrogen) atoms. The molecule has 1 fully saturated rings. The van der Waals surface area contributed by atoms with E-state index in [2.05, 4.69) is 34.5 Å². The van der Waals surface area contributed by atoms with Gasteiger partial charge in [-0.25, -0.2) is 0 Å². The third-order valence-corrected chi connectivity index (χ3v) is 4.57. The molecule has 1 saturated heterocycles. The van der Waals surface area contributed by atoms with Crippen molar-refractivity contribution in [2.75, 3.05) is 44.9 Å². The lowest BCUT2D eigenvalue weighted by Crippen LogP contribution is -2.36. The SMILES string of the molecule is COc1cccc(C(=O)NCCCc2ccc(N3CCOCC3)cc2)c1. The van der Waals surface area contributed by atoms with Gasteiger partial charge in [-0.05, 0) is 48.7 Å². The summed E-state index contributed by atoms with van der Waals surface area (Å²) >= 11 is 0. The van der Waals surface area contributed by atoms with Crippen molar-refractivity contribution in [3.63, 3.8) is 0 Å². The number of methoxy groups -OCH3 is 1. The Morgan fingerprint density at radius 2 is 1.92 bits per heavy atom. The molecule has 0 radical (unpaired) electrons. The molecule has 1 amide bonds. The number of benzene rings is 2. The van der Waals surface area contributed by atoms with E-state index in [0.717, 1.165) is 39.1 Å². The van der Waals surface area contributed by atoms with Crippen LogP contribution in [0.4, 0.5) is 5.69 Å². The van der Waals surface area contributed by atoms with Crippen LogP contribution >= 0.6 is 0 Å². The van der Waals surface area contributed by atoms with E-state index in [0.29, 0.717) is 17.9 Å². The topological polar surface area (TPSA) is 50.8 Å². The van der Waals surface area contributed by atoms with Crippen LogP contribution in [0.2, 0.25) is 0 Å². The van der Waals surface area contributed by atoms with Crippen LogP contribution in [-0.2, 0) is 11.2 Å². The predicted molar refractivity (Wildman–Crippen MR) is 103 cm³/mol. The molecular weight excluding hydrogens is 328 g/mol. The molecule has 0 unspecified atom stereocenters. The average molecular weight is 354 g/mol. The van der Waals surface area contributed by atoms with Gasteiger partial charge >= 0.3 is 0 Å². The number of nitrogens with one attached hydrogen (secondary N) is 1. The van der Waals surface area contributed by atoms with Crippen LogP contribution in [0.3, 0.4) is 0 Å². The third kappa shape index (κ3) is 4.99. The number of ether oxygens (including phenoxy) is 2. The monoisotopic (exact) mass is 354 g/mol. The van der Waals surface area contributed by atoms with Gasteiger partial charge in [0, 0.05) is 30.9 Å². The second kappa shape index (κ2) is 9.25. The summed E-state index contributed by atoms with van der Waals surface area (Å²) in [6.07, 6.45) is 1.86. The summed E-state index contributed by atoms with van der Waals surface area (Å²) in [6.45, 7) is 4.16. The average Bonchev–Trinajstić information content (AvgIpc) is 2.72. The quantitative estimate of drug-likeness (QED) is 0.777. The summed E-state index contributed by atoms with van der Waals surface area (Å²) in [6, 6.07) is 15.9. The molecule has 5 nitrogen and oxygen atoms in total. The summed E-state index contributed by atoms with van der Waals surface area (Å²) in [5, 5.41) is 2.97. The number of hydrogen-bond acceptors (Lipinski definition) is 4. The molecule has 3 rings (SSSR count). The van der Waals surface area contributed by atoms with E-state index < -0.39 is 0 Å². The number of carbonyl (C=O) groups excluding carboxylic acids is 1. The molecule has 1 heterocycles. The Morgan fingerprint density at radius 3 is 2.65 bits per heavy atom. The van der Waals surface area contributed by atoms with E-state index in [9.17, 15) is 4.79 Å². The highest BCUT2D eigenvalue weighted by atomic mass is 16.5. The molecule has 0 spiro atoms. The van der Waals surface area contributed by atoms with Gasteiger partial charge in [-0.1, -0.05) is 18.2 Å². The Labute approximate surface area is 154 Å². The first-order chi connectivity index (χ1) is 12.8. The molecular formula is C21H26N2O3. The van der Waals surface area contributed by atoms with Gasteiger partial charge in [0.1, 0.15) is 5.75 Å². The van der Waals surface area contributed by atoms with Crippen LogP contribution in [0.15, 0.2) is 48.5 Å². The van der Waals surface area contributed by atoms with Crippen molar-refractivity contribution < 1.29 is 14.3 Å². The van der Waals surface area contributed by atoms with Crippen molar-refractivity contribution >= 4 is 11.6 Å². The van der Waals surface area contributed by atoms with Crippen LogP contribution in [-0.4, -0.2) is 45.9 Å². The number of anilines is 1. The second-order valence-corrected chi connectivity index (χ2v) is 6.36. The first-order valence-corrected chi connectivity index (χ1v) is 9.10. The summed E-state index contributed by atoms with van der Waals surface area (Å²) in [5.74, 6) is 0.629. The standard InChI is InChI=1S/C21H26N2O3/c1-25-20-6-2-5-18(16-20)21(24)22-11-3-4-17-7-9-19(10-8-17)23-12-14-26-15-13-23/h2,5-10,16H,3-4,11-15H2,1H3,(H,22,24). The Hall–Kier alpha value is -2.53. The number of amides is 1. The second-order valence-electron chi connectivity index (χ2n) is 6.36. The predicted octanol–water partition coefficient (Wildman–Crippen LogP) is 2.89. The molecule has 5 heteroatoms. The number of rotatable bonds is 7. The maximum atomic E-state index is 12.2. The largest absolute Gasteiger partial charge is 0.497 e. The normalized spacial score (nSPS) is 14.1. The lowest BCUT2D eigenvalue weighted by Gasteiger charge is -2.28. The van der Waals surface area contributed by atoms with Gasteiger partial charge in [-0.2, -0.15) is 0 Å². The minimum atomic E-state index is -0.0634. The number of aryl methyl sites for hydroxylation is 1. The summed E-state index contributed by atoms with van der Waals surface area (Å²) in [4.78, 5) is 14.5. The molecule has 138 valence electrons. The molecule has 0 aliphatic carbocycles. The van der Waals surface area contributed by atoms with Crippen LogP contribution in [0.25, 0.3) is 0 Å². The zero-order valence-electron chi connectivity index (χ0n) is 15.2. The Morgan fingerprint density at radius 1 is 1.15 bits per heavy atom. The molecule has 0 aromatic heterocycles. The van der Waals surface area contributed by atoms with Crippen LogP contribution in [0.5, 0.6) is 5.75 Å². The Balaban J connectivity index is 1.42. The van der Waals surface area contributed by atoms with Crippen molar-refractivity contribution in [3.05, 3.63) is 59.7 Å². The van der Waals surface area contributed by atoms with E-state index in [-0.39, 0.29) is 5.91 Å². The summed E-state index contributed by atoms with van der Waals surface area (Å²) in [7, 11) is 1.60. The van der Waals surface area contributed by atoms with E-state index in [1.807, 2.05) is 12.1 Å². The minimum absolute atomic E-state index is 0.0634. The Kier molecular flexibility index (Phi) is 6.50. The van der Waals surface area contributed by atoms with Gasteiger partial charge in [0.15, 0.2) is 0 Å². The smallest absolute Gasteiger partial charge is 0.251 e. The fraction of sp³-hybridized carbons (Fsp3) is 0.381. The van der Waals surface area contributed by atoms with Crippen molar-refractivity contribution in [1.29, 1.82) is 0 Å². The lowest BCUT2D eigenvalue weighted by molar-refractivity contribution is 0.0953. The van der Waals surface area contributed by atoms with Crippen molar-refractivity contribution in [3.8, 4) is 5.75 Å². The first-order valence-electron chi connectivity index (χ1n) is 9.10. The van der Waals surface area contributed by atoms with E-state index >= 15 is 0 Å². The van der Waals surface area contributed by atoms with Gasteiger partial charge in [-0.15, -0.1) is 0 Å². The maximum absolute atomic E-state index is 12.2. The van der Waals surface area contributed by atoms with Gasteiger partial charge in [-0.3, -0.25) is 4.79 Å². The van der Waals surface area contributed by atoms with Crippen molar-refractivity contribution in [1.82, 2.24) is 5.32 Å². The maximum Gasteiger partial charge on any atom is 0.251 e. The van der Waals surface area contributed by atoms with E-state index in [4.69, 9.17) is 9.47 Å². The molecule has 0 atom stereocenters. The molecule has 1 aliphatic heterocycles. The first kappa shape index (κ1) is 18.3. The fourth-order valence-electron chi connectivity index (χ4n) is 3.06. The third-order valence-electron chi connectivity index (χ3n) is 4.57. The molecule has 1 aliphatic rings. The molecule has 2 aromatic rings. The van der Waals surface area contributed by atoms with Crippen LogP contribution in [0.1, 0.15) is 22.3 Å². The minimum Gasteiger partial charge on any atom is -0.497 e. The number of morpholine rings is 1. The van der Waals surface area contributed by atoms with Crippen molar-refractivity contribution in [2.24, 2.45) is 0 Å². The zero-order chi connectivity index (χ0) is 18.2. The summed E-state index contributed by atoms with van der Waals surface area (Å²) in [5.41, 5.74) is 3.17. The number of hydrogen-bond donors (Lipinski definition) is 1. The van der Waals surface area contributed by atoms with Crippen LogP contribution in [0, 0.1) is 0 Å². The Bertz CT molecular complexity index is 709. The zero-order valence-corrected chi connectivity index (χ0v) is 15.2. The summed E-state index contributed by atoms with van der Waals surface area (Å²) < 4.78 is 10.5. The molecule has 1 N–H and O–H groups in total. The number of carbonyl (C=O) groups is 1. The van der Waals surface area contributed by atoms with E-state index in [1.54, 1.807) is 19.2 Å². The number of nitrogens with zero attached hydrogens (tertiary/aromatic N) is 1. The van der Waals surface area contributed by atoms with E-state index in [1.165, 1.54) is 11.3 Å². The van der Waals surface area contributed by atoms with Gasteiger partial charge in [0.2, 0.25) is 0 Å². The fourth-order valence-corrected chi connectivity index (χ4v) is 3.06. The van der Waals surface area contributed by atoms with Crippen molar-refractivity contribution in [2.45, 2.75) is 12.8 Å². The highest BCUT2D eigenvalue weighted by Crippen LogP contribution is 2.17. The van der Waals surface area contributed by atoms with Crippen LogP contribution < -0.4 is 15.0 Å². The highest BCUT2D eigenvalue weighted by molar-refractivity contribution is 5.94. The molecule has 0 saturated carbocycles. The van der Waals surface area contributed by atoms with Gasteiger partial charge < -0.3 is 19.7 Å². The lowest BCUT2D eigenvalue weighted by atomic mass is 10.1. The highest BCUT2D eigenvalue weighted by Gasteiger charge is 2.10. The molecule has 0 bridgehead atoms.